The number of nitrogens with one attached hydrogen (secondary N) is 2. The monoisotopic (exact) mass is 386 g/mol. The van der Waals surface area contributed by atoms with Crippen LogP contribution in [0.25, 0.3) is 0 Å². The van der Waals surface area contributed by atoms with Crippen molar-refractivity contribution >= 4 is 35.7 Å². The maximum Gasteiger partial charge on any atom is 0.228 e. The van der Waals surface area contributed by atoms with Crippen molar-refractivity contribution in [2.45, 2.75) is 32.4 Å². The van der Waals surface area contributed by atoms with Crippen LogP contribution in [0.2, 0.25) is 5.02 Å². The topological polar surface area (TPSA) is 59.0 Å². The van der Waals surface area contributed by atoms with Gasteiger partial charge in [0.05, 0.1) is 17.8 Å². The molecule has 0 aliphatic carbocycles. The van der Waals surface area contributed by atoms with Gasteiger partial charge in [-0.15, -0.1) is 12.4 Å². The number of hydrogen-bond donors (Lipinski definition) is 2. The van der Waals surface area contributed by atoms with Gasteiger partial charge in [-0.05, 0) is 44.0 Å². The summed E-state index contributed by atoms with van der Waals surface area (Å²) in [6.07, 6.45) is 3.27. The SMILES string of the molecule is C[C@H]1C[C@@H](C(=O)Nc2ccnn2Cc2ccc(Cl)c(F)c2)CCN1.Cl. The van der Waals surface area contributed by atoms with Gasteiger partial charge in [-0.2, -0.15) is 5.10 Å². The summed E-state index contributed by atoms with van der Waals surface area (Å²) in [7, 11) is 0. The van der Waals surface area contributed by atoms with Crippen LogP contribution < -0.4 is 10.6 Å². The van der Waals surface area contributed by atoms with Gasteiger partial charge in [0.25, 0.3) is 0 Å². The Balaban J connectivity index is 0.00000225. The van der Waals surface area contributed by atoms with Crippen molar-refractivity contribution in [3.8, 4) is 0 Å². The molecule has 1 amide bonds. The Bertz CT molecular complexity index is 737. The molecule has 3 rings (SSSR count). The summed E-state index contributed by atoms with van der Waals surface area (Å²) in [5.74, 6) is 0.155. The lowest BCUT2D eigenvalue weighted by atomic mass is 9.92. The zero-order valence-corrected chi connectivity index (χ0v) is 15.4. The number of carbonyl (C=O) groups is 1. The Morgan fingerprint density at radius 1 is 1.48 bits per heavy atom. The van der Waals surface area contributed by atoms with Crippen molar-refractivity contribution in [3.63, 3.8) is 0 Å². The molecule has 1 saturated heterocycles. The van der Waals surface area contributed by atoms with Crippen LogP contribution in [0.4, 0.5) is 10.2 Å². The first-order valence-electron chi connectivity index (χ1n) is 8.03. The molecule has 0 saturated carbocycles. The van der Waals surface area contributed by atoms with Crippen LogP contribution >= 0.6 is 24.0 Å². The number of amides is 1. The highest BCUT2D eigenvalue weighted by molar-refractivity contribution is 6.30. The third kappa shape index (κ3) is 4.93. The fraction of sp³-hybridized carbons (Fsp3) is 0.412. The fourth-order valence-electron chi connectivity index (χ4n) is 2.97. The molecular formula is C17H21Cl2FN4O. The van der Waals surface area contributed by atoms with E-state index in [9.17, 15) is 9.18 Å². The Morgan fingerprint density at radius 2 is 2.28 bits per heavy atom. The summed E-state index contributed by atoms with van der Waals surface area (Å²) >= 11 is 5.70. The van der Waals surface area contributed by atoms with E-state index >= 15 is 0 Å². The predicted molar refractivity (Wildman–Crippen MR) is 98.8 cm³/mol. The van der Waals surface area contributed by atoms with E-state index in [1.165, 1.54) is 12.1 Å². The first-order chi connectivity index (χ1) is 11.5. The van der Waals surface area contributed by atoms with Crippen molar-refractivity contribution in [2.24, 2.45) is 5.92 Å². The number of halogens is 3. The molecule has 5 nitrogen and oxygen atoms in total. The highest BCUT2D eigenvalue weighted by Gasteiger charge is 2.25. The molecule has 1 aromatic carbocycles. The summed E-state index contributed by atoms with van der Waals surface area (Å²) in [6, 6.07) is 6.73. The van der Waals surface area contributed by atoms with Crippen LogP contribution in [0.1, 0.15) is 25.3 Å². The lowest BCUT2D eigenvalue weighted by molar-refractivity contribution is -0.120. The normalized spacial score (nSPS) is 20.0. The standard InChI is InChI=1S/C17H20ClFN4O.ClH/c1-11-8-13(4-6-20-11)17(24)22-16-5-7-21-23(16)10-12-2-3-14(18)15(19)9-12;/h2-3,5,7,9,11,13,20H,4,6,8,10H2,1H3,(H,22,24);1H/t11-,13-;/m0./s1. The van der Waals surface area contributed by atoms with Gasteiger partial charge < -0.3 is 10.6 Å². The first kappa shape index (κ1) is 19.7. The lowest BCUT2D eigenvalue weighted by Gasteiger charge is -2.27. The summed E-state index contributed by atoms with van der Waals surface area (Å²) in [4.78, 5) is 12.5. The minimum Gasteiger partial charge on any atom is -0.314 e. The molecule has 1 aromatic heterocycles. The van der Waals surface area contributed by atoms with E-state index in [0.29, 0.717) is 18.4 Å². The maximum absolute atomic E-state index is 13.6. The molecule has 2 N–H and O–H groups in total. The molecule has 1 aliphatic rings. The zero-order valence-electron chi connectivity index (χ0n) is 13.8. The van der Waals surface area contributed by atoms with Crippen LogP contribution in [0.15, 0.2) is 30.5 Å². The second-order valence-corrected chi connectivity index (χ2v) is 6.60. The van der Waals surface area contributed by atoms with Crippen LogP contribution in [0, 0.1) is 11.7 Å². The van der Waals surface area contributed by atoms with Gasteiger partial charge in [-0.3, -0.25) is 4.79 Å². The zero-order chi connectivity index (χ0) is 17.1. The Morgan fingerprint density at radius 3 is 3.00 bits per heavy atom. The van der Waals surface area contributed by atoms with Crippen molar-refractivity contribution in [3.05, 3.63) is 46.9 Å². The summed E-state index contributed by atoms with van der Waals surface area (Å²) < 4.78 is 15.2. The molecule has 2 aromatic rings. The number of piperidine rings is 1. The third-order valence-corrected chi connectivity index (χ3v) is 4.59. The van der Waals surface area contributed by atoms with E-state index in [-0.39, 0.29) is 29.3 Å². The maximum atomic E-state index is 13.6. The second kappa shape index (κ2) is 8.65. The number of aromatic nitrogens is 2. The van der Waals surface area contributed by atoms with Gasteiger partial charge in [0.15, 0.2) is 0 Å². The van der Waals surface area contributed by atoms with E-state index in [1.807, 2.05) is 0 Å². The van der Waals surface area contributed by atoms with E-state index in [1.54, 1.807) is 23.0 Å². The highest BCUT2D eigenvalue weighted by atomic mass is 35.5. The van der Waals surface area contributed by atoms with Gasteiger partial charge >= 0.3 is 0 Å². The molecule has 8 heteroatoms. The molecule has 2 heterocycles. The highest BCUT2D eigenvalue weighted by Crippen LogP contribution is 2.20. The lowest BCUT2D eigenvalue weighted by Crippen LogP contribution is -2.40. The van der Waals surface area contributed by atoms with Crippen molar-refractivity contribution in [1.82, 2.24) is 15.1 Å². The number of hydrogen-bond acceptors (Lipinski definition) is 3. The fourth-order valence-corrected chi connectivity index (χ4v) is 3.09. The predicted octanol–water partition coefficient (Wildman–Crippen LogP) is 3.47. The third-order valence-electron chi connectivity index (χ3n) is 4.28. The summed E-state index contributed by atoms with van der Waals surface area (Å²) in [5.41, 5.74) is 0.728. The molecule has 1 aliphatic heterocycles. The van der Waals surface area contributed by atoms with Crippen molar-refractivity contribution in [2.75, 3.05) is 11.9 Å². The largest absolute Gasteiger partial charge is 0.314 e. The second-order valence-electron chi connectivity index (χ2n) is 6.19. The smallest absolute Gasteiger partial charge is 0.228 e. The van der Waals surface area contributed by atoms with Gasteiger partial charge in [-0.25, -0.2) is 9.07 Å². The molecule has 136 valence electrons. The Labute approximate surface area is 157 Å². The van der Waals surface area contributed by atoms with E-state index in [0.717, 1.165) is 24.9 Å². The van der Waals surface area contributed by atoms with E-state index in [2.05, 4.69) is 22.7 Å². The number of anilines is 1. The summed E-state index contributed by atoms with van der Waals surface area (Å²) in [5, 5.41) is 10.6. The molecule has 2 atom stereocenters. The first-order valence-corrected chi connectivity index (χ1v) is 8.40. The average Bonchev–Trinajstić information content (AvgIpc) is 2.98. The molecular weight excluding hydrogens is 366 g/mol. The average molecular weight is 387 g/mol. The van der Waals surface area contributed by atoms with Crippen LogP contribution in [-0.4, -0.2) is 28.3 Å². The number of benzene rings is 1. The Hall–Kier alpha value is -1.63. The quantitative estimate of drug-likeness (QED) is 0.845. The van der Waals surface area contributed by atoms with E-state index < -0.39 is 5.82 Å². The number of nitrogens with zero attached hydrogens (tertiary/aromatic N) is 2. The molecule has 0 unspecified atom stereocenters. The molecule has 0 bridgehead atoms. The van der Waals surface area contributed by atoms with Crippen LogP contribution in [0.3, 0.4) is 0 Å². The van der Waals surface area contributed by atoms with Gasteiger partial charge in [0.2, 0.25) is 5.91 Å². The van der Waals surface area contributed by atoms with Crippen LogP contribution in [-0.2, 0) is 11.3 Å². The summed E-state index contributed by atoms with van der Waals surface area (Å²) in [6.45, 7) is 3.29. The van der Waals surface area contributed by atoms with Crippen LogP contribution in [0.5, 0.6) is 0 Å². The molecule has 0 spiro atoms. The van der Waals surface area contributed by atoms with E-state index in [4.69, 9.17) is 11.6 Å². The van der Waals surface area contributed by atoms with Crippen molar-refractivity contribution < 1.29 is 9.18 Å². The van der Waals surface area contributed by atoms with Crippen molar-refractivity contribution in [1.29, 1.82) is 0 Å². The number of rotatable bonds is 4. The Kier molecular flexibility index (Phi) is 6.81. The minimum atomic E-state index is -0.462. The minimum absolute atomic E-state index is 0. The molecule has 0 radical (unpaired) electrons. The van der Waals surface area contributed by atoms with Gasteiger partial charge in [-0.1, -0.05) is 17.7 Å². The molecule has 1 fully saturated rings. The van der Waals surface area contributed by atoms with Gasteiger partial charge in [0.1, 0.15) is 11.6 Å². The van der Waals surface area contributed by atoms with Gasteiger partial charge in [0, 0.05) is 18.0 Å². The molecule has 25 heavy (non-hydrogen) atoms. The number of carbonyl (C=O) groups excluding carboxylic acids is 1.